The predicted octanol–water partition coefficient (Wildman–Crippen LogP) is 2.75. The van der Waals surface area contributed by atoms with Gasteiger partial charge >= 0.3 is 0 Å². The van der Waals surface area contributed by atoms with Crippen LogP contribution in [0.2, 0.25) is 0 Å². The van der Waals surface area contributed by atoms with Gasteiger partial charge in [0.25, 0.3) is 5.91 Å². The molecule has 1 aromatic rings. The molecule has 1 aliphatic heterocycles. The van der Waals surface area contributed by atoms with Gasteiger partial charge in [0.2, 0.25) is 0 Å². The lowest BCUT2D eigenvalue weighted by atomic mass is 10.2. The highest BCUT2D eigenvalue weighted by Gasteiger charge is 2.23. The molecule has 1 unspecified atom stereocenters. The van der Waals surface area contributed by atoms with E-state index in [1.807, 2.05) is 24.0 Å². The van der Waals surface area contributed by atoms with Crippen LogP contribution in [0.4, 0.5) is 5.69 Å². The number of hydrogen-bond acceptors (Lipinski definition) is 3. The quantitative estimate of drug-likeness (QED) is 0.864. The van der Waals surface area contributed by atoms with Gasteiger partial charge in [-0.05, 0) is 38.3 Å². The minimum absolute atomic E-state index is 0.0644. The summed E-state index contributed by atoms with van der Waals surface area (Å²) in [4.78, 5) is 14.4. The molecule has 110 valence electrons. The second-order valence-electron chi connectivity index (χ2n) is 5.49. The maximum absolute atomic E-state index is 12.4. The fourth-order valence-electron chi connectivity index (χ4n) is 2.61. The van der Waals surface area contributed by atoms with Crippen molar-refractivity contribution in [2.45, 2.75) is 45.6 Å². The van der Waals surface area contributed by atoms with Crippen LogP contribution in [0.25, 0.3) is 0 Å². The van der Waals surface area contributed by atoms with Crippen molar-refractivity contribution < 1.29 is 9.53 Å². The van der Waals surface area contributed by atoms with E-state index in [0.717, 1.165) is 31.5 Å². The van der Waals surface area contributed by atoms with Crippen molar-refractivity contribution >= 4 is 11.6 Å². The van der Waals surface area contributed by atoms with Crippen LogP contribution >= 0.6 is 0 Å². The zero-order chi connectivity index (χ0) is 14.5. The van der Waals surface area contributed by atoms with Crippen LogP contribution in [0.5, 0.6) is 5.75 Å². The number of carbonyl (C=O) groups excluding carboxylic acids is 1. The van der Waals surface area contributed by atoms with Crippen molar-refractivity contribution in [3.8, 4) is 5.75 Å². The number of aryl methyl sites for hydroxylation is 1. The number of nitrogens with zero attached hydrogens (tertiary/aromatic N) is 1. The van der Waals surface area contributed by atoms with Gasteiger partial charge in [-0.3, -0.25) is 4.79 Å². The van der Waals surface area contributed by atoms with Gasteiger partial charge < -0.3 is 15.4 Å². The first-order chi connectivity index (χ1) is 9.59. The number of para-hydroxylation sites is 1. The molecule has 4 nitrogen and oxygen atoms in total. The van der Waals surface area contributed by atoms with Gasteiger partial charge in [0.1, 0.15) is 5.75 Å². The van der Waals surface area contributed by atoms with E-state index in [-0.39, 0.29) is 5.91 Å². The molecular formula is C16H24N2O2. The molecule has 4 heteroatoms. The first-order valence-corrected chi connectivity index (χ1v) is 7.40. The smallest absolute Gasteiger partial charge is 0.263 e. The Morgan fingerprint density at radius 3 is 2.50 bits per heavy atom. The van der Waals surface area contributed by atoms with Gasteiger partial charge in [-0.25, -0.2) is 0 Å². The maximum atomic E-state index is 12.4. The third-order valence-corrected chi connectivity index (χ3v) is 3.80. The van der Waals surface area contributed by atoms with E-state index in [4.69, 9.17) is 10.5 Å². The Kier molecular flexibility index (Phi) is 4.88. The average Bonchev–Trinajstić information content (AvgIpc) is 2.71. The van der Waals surface area contributed by atoms with Gasteiger partial charge in [-0.1, -0.05) is 25.0 Å². The lowest BCUT2D eigenvalue weighted by Crippen LogP contribution is -2.41. The summed E-state index contributed by atoms with van der Waals surface area (Å²) in [5.41, 5.74) is 7.47. The van der Waals surface area contributed by atoms with E-state index in [1.165, 1.54) is 12.8 Å². The highest BCUT2D eigenvalue weighted by atomic mass is 16.5. The number of amides is 1. The molecule has 0 spiro atoms. The summed E-state index contributed by atoms with van der Waals surface area (Å²) in [5.74, 6) is 0.692. The monoisotopic (exact) mass is 276 g/mol. The second-order valence-corrected chi connectivity index (χ2v) is 5.49. The SMILES string of the molecule is Cc1cccc(N)c1OC(C)C(=O)N1CCCCCC1. The lowest BCUT2D eigenvalue weighted by Gasteiger charge is -2.25. The molecule has 20 heavy (non-hydrogen) atoms. The van der Waals surface area contributed by atoms with Crippen molar-refractivity contribution in [2.24, 2.45) is 0 Å². The summed E-state index contributed by atoms with van der Waals surface area (Å²) in [6, 6.07) is 5.62. The summed E-state index contributed by atoms with van der Waals surface area (Å²) in [7, 11) is 0. The minimum Gasteiger partial charge on any atom is -0.478 e. The van der Waals surface area contributed by atoms with E-state index < -0.39 is 6.10 Å². The van der Waals surface area contributed by atoms with Crippen molar-refractivity contribution in [3.05, 3.63) is 23.8 Å². The summed E-state index contributed by atoms with van der Waals surface area (Å²) >= 11 is 0. The molecule has 0 bridgehead atoms. The van der Waals surface area contributed by atoms with E-state index >= 15 is 0 Å². The minimum atomic E-state index is -0.489. The highest BCUT2D eigenvalue weighted by molar-refractivity contribution is 5.81. The van der Waals surface area contributed by atoms with Crippen LogP contribution in [0, 0.1) is 6.92 Å². The van der Waals surface area contributed by atoms with Crippen LogP contribution in [-0.4, -0.2) is 30.0 Å². The standard InChI is InChI=1S/C16H24N2O2/c1-12-8-7-9-14(17)15(12)20-13(2)16(19)18-10-5-3-4-6-11-18/h7-9,13H,3-6,10-11,17H2,1-2H3. The van der Waals surface area contributed by atoms with E-state index in [1.54, 1.807) is 13.0 Å². The maximum Gasteiger partial charge on any atom is 0.263 e. The summed E-state index contributed by atoms with van der Waals surface area (Å²) < 4.78 is 5.82. The largest absolute Gasteiger partial charge is 0.478 e. The van der Waals surface area contributed by atoms with E-state index in [0.29, 0.717) is 11.4 Å². The molecule has 1 atom stereocenters. The molecule has 1 aliphatic rings. The number of nitrogen functional groups attached to an aromatic ring is 1. The first-order valence-electron chi connectivity index (χ1n) is 7.40. The van der Waals surface area contributed by atoms with Crippen molar-refractivity contribution in [1.29, 1.82) is 0 Å². The Morgan fingerprint density at radius 1 is 1.25 bits per heavy atom. The van der Waals surface area contributed by atoms with E-state index in [2.05, 4.69) is 0 Å². The molecule has 2 rings (SSSR count). The Morgan fingerprint density at radius 2 is 1.90 bits per heavy atom. The van der Waals surface area contributed by atoms with Gasteiger partial charge in [0, 0.05) is 13.1 Å². The van der Waals surface area contributed by atoms with Crippen molar-refractivity contribution in [2.75, 3.05) is 18.8 Å². The van der Waals surface area contributed by atoms with Crippen LogP contribution in [0.1, 0.15) is 38.2 Å². The van der Waals surface area contributed by atoms with Gasteiger partial charge in [0.05, 0.1) is 5.69 Å². The number of likely N-dealkylation sites (tertiary alicyclic amines) is 1. The first kappa shape index (κ1) is 14.7. The summed E-state index contributed by atoms with van der Waals surface area (Å²) in [5, 5.41) is 0. The molecule has 2 N–H and O–H groups in total. The van der Waals surface area contributed by atoms with E-state index in [9.17, 15) is 4.79 Å². The van der Waals surface area contributed by atoms with Crippen molar-refractivity contribution in [1.82, 2.24) is 4.90 Å². The number of rotatable bonds is 3. The van der Waals surface area contributed by atoms with Crippen LogP contribution in [-0.2, 0) is 4.79 Å². The second kappa shape index (κ2) is 6.64. The lowest BCUT2D eigenvalue weighted by molar-refractivity contribution is -0.137. The molecular weight excluding hydrogens is 252 g/mol. The molecule has 1 amide bonds. The molecule has 1 fully saturated rings. The number of nitrogens with two attached hydrogens (primary N) is 1. The Balaban J connectivity index is 2.03. The van der Waals surface area contributed by atoms with Gasteiger partial charge in [0.15, 0.2) is 6.10 Å². The number of benzene rings is 1. The molecule has 0 radical (unpaired) electrons. The topological polar surface area (TPSA) is 55.6 Å². The van der Waals surface area contributed by atoms with Crippen LogP contribution in [0.3, 0.4) is 0 Å². The Bertz CT molecular complexity index is 445. The fraction of sp³-hybridized carbons (Fsp3) is 0.562. The highest BCUT2D eigenvalue weighted by Crippen LogP contribution is 2.27. The van der Waals surface area contributed by atoms with Crippen LogP contribution in [0.15, 0.2) is 18.2 Å². The average molecular weight is 276 g/mol. The molecule has 1 saturated heterocycles. The molecule has 0 aromatic heterocycles. The summed E-state index contributed by atoms with van der Waals surface area (Å²) in [6.45, 7) is 5.43. The molecule has 1 heterocycles. The number of hydrogen-bond donors (Lipinski definition) is 1. The Labute approximate surface area is 120 Å². The zero-order valence-electron chi connectivity index (χ0n) is 12.4. The molecule has 0 aliphatic carbocycles. The van der Waals surface area contributed by atoms with Gasteiger partial charge in [-0.2, -0.15) is 0 Å². The number of ether oxygens (including phenoxy) is 1. The third-order valence-electron chi connectivity index (χ3n) is 3.80. The third kappa shape index (κ3) is 3.44. The fourth-order valence-corrected chi connectivity index (χ4v) is 2.61. The number of anilines is 1. The molecule has 1 aromatic carbocycles. The Hall–Kier alpha value is -1.71. The van der Waals surface area contributed by atoms with Gasteiger partial charge in [-0.15, -0.1) is 0 Å². The number of carbonyl (C=O) groups is 1. The van der Waals surface area contributed by atoms with Crippen molar-refractivity contribution in [3.63, 3.8) is 0 Å². The molecule has 0 saturated carbocycles. The summed E-state index contributed by atoms with van der Waals surface area (Å²) in [6.07, 6.45) is 4.11. The normalized spacial score (nSPS) is 17.4. The predicted molar refractivity (Wildman–Crippen MR) is 80.7 cm³/mol. The zero-order valence-corrected chi connectivity index (χ0v) is 12.4. The van der Waals surface area contributed by atoms with Crippen LogP contribution < -0.4 is 10.5 Å².